The molecule has 0 saturated heterocycles. The minimum absolute atomic E-state index is 0.131. The molecule has 1 unspecified atom stereocenters. The third-order valence-electron chi connectivity index (χ3n) is 2.67. The summed E-state index contributed by atoms with van der Waals surface area (Å²) in [5.41, 5.74) is 6.06. The lowest BCUT2D eigenvalue weighted by atomic mass is 10.2. The van der Waals surface area contributed by atoms with E-state index in [4.69, 9.17) is 5.73 Å². The number of rotatable bonds is 6. The van der Waals surface area contributed by atoms with Crippen LogP contribution < -0.4 is 11.1 Å². The van der Waals surface area contributed by atoms with Crippen LogP contribution in [0.5, 0.6) is 0 Å². The third kappa shape index (κ3) is 5.40. The Hall–Kier alpha value is -1.40. The monoisotopic (exact) mass is 284 g/mol. The summed E-state index contributed by atoms with van der Waals surface area (Å²) in [6, 6.07) is 6.03. The normalized spacial score (nSPS) is 13.0. The molecule has 0 aromatic heterocycles. The maximum atomic E-state index is 11.8. The molecule has 0 fully saturated rings. The van der Waals surface area contributed by atoms with Crippen LogP contribution >= 0.6 is 0 Å². The Morgan fingerprint density at radius 3 is 2.37 bits per heavy atom. The standard InChI is InChI=1S/C13H20N2O3S/c1-10(14)4-3-9-15-13(16)11-5-7-12(8-6-11)19(2,17)18/h5-8,10H,3-4,9,14H2,1-2H3,(H,15,16). The van der Waals surface area contributed by atoms with Crippen LogP contribution in [0.25, 0.3) is 0 Å². The molecule has 6 heteroatoms. The molecule has 0 aliphatic rings. The van der Waals surface area contributed by atoms with Crippen molar-refractivity contribution in [2.75, 3.05) is 12.8 Å². The SMILES string of the molecule is CC(N)CCCNC(=O)c1ccc(S(C)(=O)=O)cc1. The fraction of sp³-hybridized carbons (Fsp3) is 0.462. The van der Waals surface area contributed by atoms with Gasteiger partial charge < -0.3 is 11.1 Å². The summed E-state index contributed by atoms with van der Waals surface area (Å²) < 4.78 is 22.6. The summed E-state index contributed by atoms with van der Waals surface area (Å²) in [4.78, 5) is 12.0. The van der Waals surface area contributed by atoms with Crippen LogP contribution in [0.4, 0.5) is 0 Å². The smallest absolute Gasteiger partial charge is 0.251 e. The summed E-state index contributed by atoms with van der Waals surface area (Å²) in [6.07, 6.45) is 2.81. The van der Waals surface area contributed by atoms with Gasteiger partial charge in [0, 0.05) is 24.4 Å². The average Bonchev–Trinajstić information content (AvgIpc) is 2.33. The van der Waals surface area contributed by atoms with E-state index in [0.29, 0.717) is 12.1 Å². The van der Waals surface area contributed by atoms with Gasteiger partial charge in [0.25, 0.3) is 5.91 Å². The number of benzene rings is 1. The summed E-state index contributed by atoms with van der Waals surface area (Å²) >= 11 is 0. The Kier molecular flexibility index (Phi) is 5.50. The minimum Gasteiger partial charge on any atom is -0.352 e. The van der Waals surface area contributed by atoms with E-state index < -0.39 is 9.84 Å². The Morgan fingerprint density at radius 2 is 1.89 bits per heavy atom. The molecule has 5 nitrogen and oxygen atoms in total. The van der Waals surface area contributed by atoms with Crippen molar-refractivity contribution in [2.24, 2.45) is 5.73 Å². The highest BCUT2D eigenvalue weighted by molar-refractivity contribution is 7.90. The Balaban J connectivity index is 2.54. The zero-order valence-corrected chi connectivity index (χ0v) is 12.0. The quantitative estimate of drug-likeness (QED) is 0.761. The average molecular weight is 284 g/mol. The number of nitrogens with one attached hydrogen (secondary N) is 1. The second kappa shape index (κ2) is 6.68. The van der Waals surface area contributed by atoms with Crippen molar-refractivity contribution in [2.45, 2.75) is 30.7 Å². The molecule has 1 aromatic rings. The van der Waals surface area contributed by atoms with Crippen molar-refractivity contribution in [3.05, 3.63) is 29.8 Å². The lowest BCUT2D eigenvalue weighted by Crippen LogP contribution is -2.26. The van der Waals surface area contributed by atoms with Crippen LogP contribution in [-0.2, 0) is 9.84 Å². The van der Waals surface area contributed by atoms with Gasteiger partial charge in [-0.2, -0.15) is 0 Å². The molecule has 0 aliphatic carbocycles. The van der Waals surface area contributed by atoms with E-state index >= 15 is 0 Å². The van der Waals surface area contributed by atoms with E-state index in [-0.39, 0.29) is 16.8 Å². The lowest BCUT2D eigenvalue weighted by molar-refractivity contribution is 0.0952. The van der Waals surface area contributed by atoms with Gasteiger partial charge in [-0.1, -0.05) is 0 Å². The molecule has 106 valence electrons. The van der Waals surface area contributed by atoms with Crippen molar-refractivity contribution >= 4 is 15.7 Å². The predicted molar refractivity (Wildman–Crippen MR) is 74.8 cm³/mol. The molecule has 0 bridgehead atoms. The molecule has 3 N–H and O–H groups in total. The van der Waals surface area contributed by atoms with E-state index in [1.807, 2.05) is 6.92 Å². The maximum absolute atomic E-state index is 11.8. The van der Waals surface area contributed by atoms with Gasteiger partial charge >= 0.3 is 0 Å². The van der Waals surface area contributed by atoms with Gasteiger partial charge in [0.05, 0.1) is 4.90 Å². The fourth-order valence-corrected chi connectivity index (χ4v) is 2.21. The molecule has 0 radical (unpaired) electrons. The Bertz CT molecular complexity index is 521. The zero-order chi connectivity index (χ0) is 14.5. The Labute approximate surface area is 114 Å². The number of hydrogen-bond donors (Lipinski definition) is 2. The number of carbonyl (C=O) groups is 1. The van der Waals surface area contributed by atoms with Gasteiger partial charge in [0.15, 0.2) is 9.84 Å². The van der Waals surface area contributed by atoms with Crippen molar-refractivity contribution in [3.8, 4) is 0 Å². The number of amides is 1. The second-order valence-corrected chi connectivity index (χ2v) is 6.69. The first kappa shape index (κ1) is 15.7. The van der Waals surface area contributed by atoms with E-state index in [1.165, 1.54) is 24.3 Å². The molecule has 19 heavy (non-hydrogen) atoms. The summed E-state index contributed by atoms with van der Waals surface area (Å²) in [5, 5.41) is 2.77. The molecule has 1 amide bonds. The molecule has 0 spiro atoms. The van der Waals surface area contributed by atoms with Gasteiger partial charge in [0.2, 0.25) is 0 Å². The first-order valence-electron chi connectivity index (χ1n) is 6.14. The lowest BCUT2D eigenvalue weighted by Gasteiger charge is -2.07. The van der Waals surface area contributed by atoms with Gasteiger partial charge in [-0.3, -0.25) is 4.79 Å². The topological polar surface area (TPSA) is 89.3 Å². The summed E-state index contributed by atoms with van der Waals surface area (Å²) in [7, 11) is -3.22. The van der Waals surface area contributed by atoms with E-state index in [9.17, 15) is 13.2 Å². The van der Waals surface area contributed by atoms with Gasteiger partial charge in [-0.05, 0) is 44.0 Å². The zero-order valence-electron chi connectivity index (χ0n) is 11.2. The van der Waals surface area contributed by atoms with E-state index in [0.717, 1.165) is 19.1 Å². The molecular formula is C13H20N2O3S. The maximum Gasteiger partial charge on any atom is 0.251 e. The van der Waals surface area contributed by atoms with Crippen LogP contribution in [0.1, 0.15) is 30.1 Å². The molecule has 0 heterocycles. The summed E-state index contributed by atoms with van der Waals surface area (Å²) in [5.74, 6) is -0.204. The third-order valence-corrected chi connectivity index (χ3v) is 3.79. The van der Waals surface area contributed by atoms with Gasteiger partial charge in [-0.15, -0.1) is 0 Å². The van der Waals surface area contributed by atoms with Gasteiger partial charge in [0.1, 0.15) is 0 Å². The van der Waals surface area contributed by atoms with Crippen molar-refractivity contribution in [3.63, 3.8) is 0 Å². The highest BCUT2D eigenvalue weighted by Crippen LogP contribution is 2.10. The molecule has 1 atom stereocenters. The van der Waals surface area contributed by atoms with Crippen molar-refractivity contribution in [1.82, 2.24) is 5.32 Å². The van der Waals surface area contributed by atoms with Crippen LogP contribution in [-0.4, -0.2) is 33.2 Å². The number of carbonyl (C=O) groups excluding carboxylic acids is 1. The van der Waals surface area contributed by atoms with Gasteiger partial charge in [-0.25, -0.2) is 8.42 Å². The first-order chi connectivity index (χ1) is 8.80. The fourth-order valence-electron chi connectivity index (χ4n) is 1.58. The molecule has 0 saturated carbocycles. The second-order valence-electron chi connectivity index (χ2n) is 4.67. The van der Waals surface area contributed by atoms with Crippen LogP contribution in [0, 0.1) is 0 Å². The first-order valence-corrected chi connectivity index (χ1v) is 8.04. The highest BCUT2D eigenvalue weighted by Gasteiger charge is 2.09. The molecular weight excluding hydrogens is 264 g/mol. The van der Waals surface area contributed by atoms with Crippen LogP contribution in [0.2, 0.25) is 0 Å². The molecule has 0 aliphatic heterocycles. The van der Waals surface area contributed by atoms with Crippen molar-refractivity contribution < 1.29 is 13.2 Å². The van der Waals surface area contributed by atoms with Crippen LogP contribution in [0.15, 0.2) is 29.2 Å². The van der Waals surface area contributed by atoms with Crippen LogP contribution in [0.3, 0.4) is 0 Å². The van der Waals surface area contributed by atoms with E-state index in [1.54, 1.807) is 0 Å². The van der Waals surface area contributed by atoms with Crippen molar-refractivity contribution in [1.29, 1.82) is 0 Å². The number of sulfone groups is 1. The number of hydrogen-bond acceptors (Lipinski definition) is 4. The highest BCUT2D eigenvalue weighted by atomic mass is 32.2. The summed E-state index contributed by atoms with van der Waals surface area (Å²) in [6.45, 7) is 2.49. The molecule has 1 rings (SSSR count). The van der Waals surface area contributed by atoms with E-state index in [2.05, 4.69) is 5.32 Å². The number of nitrogens with two attached hydrogens (primary N) is 1. The largest absolute Gasteiger partial charge is 0.352 e. The minimum atomic E-state index is -3.22. The predicted octanol–water partition coefficient (Wildman–Crippen LogP) is 0.947. The molecule has 1 aromatic carbocycles. The Morgan fingerprint density at radius 1 is 1.32 bits per heavy atom.